The van der Waals surface area contributed by atoms with E-state index in [0.717, 1.165) is 16.3 Å². The van der Waals surface area contributed by atoms with E-state index in [1.807, 2.05) is 30.3 Å². The molecule has 0 aromatic heterocycles. The molecule has 156 valence electrons. The molecule has 0 bridgehead atoms. The lowest BCUT2D eigenvalue weighted by atomic mass is 9.77. The van der Waals surface area contributed by atoms with E-state index >= 15 is 0 Å². The third kappa shape index (κ3) is 2.15. The molecule has 0 atom stereocenters. The Kier molecular flexibility index (Phi) is 3.34. The van der Waals surface area contributed by atoms with Crippen LogP contribution in [0.3, 0.4) is 0 Å². The van der Waals surface area contributed by atoms with Crippen LogP contribution >= 0.6 is 0 Å². The number of Topliss-reactive ketones (excluding diaryl/α,β-unsaturated/α-hetero) is 2. The molecule has 3 aliphatic carbocycles. The van der Waals surface area contributed by atoms with Gasteiger partial charge in [0.15, 0.2) is 23.1 Å². The first-order chi connectivity index (χ1) is 16.0. The Labute approximate surface area is 188 Å². The van der Waals surface area contributed by atoms with Gasteiger partial charge in [-0.25, -0.2) is 0 Å². The number of ketones is 4. The second kappa shape index (κ2) is 5.99. The quantitative estimate of drug-likeness (QED) is 0.333. The molecule has 0 fully saturated rings. The molecule has 0 N–H and O–H groups in total. The van der Waals surface area contributed by atoms with Gasteiger partial charge in [-0.15, -0.1) is 0 Å². The van der Waals surface area contributed by atoms with Gasteiger partial charge in [0.1, 0.15) is 5.41 Å². The van der Waals surface area contributed by atoms with E-state index in [4.69, 9.17) is 0 Å². The number of hydrogen-bond acceptors (Lipinski definition) is 4. The van der Waals surface area contributed by atoms with Crippen molar-refractivity contribution in [2.24, 2.45) is 5.41 Å². The fourth-order valence-electron chi connectivity index (χ4n) is 5.91. The van der Waals surface area contributed by atoms with Crippen LogP contribution in [0.1, 0.15) is 63.7 Å². The molecule has 4 nitrogen and oxygen atoms in total. The largest absolute Gasteiger partial charge is 0.293 e. The zero-order valence-electron chi connectivity index (χ0n) is 17.5. The predicted molar refractivity (Wildman–Crippen MR) is 122 cm³/mol. The van der Waals surface area contributed by atoms with Crippen LogP contribution in [0.25, 0.3) is 10.8 Å². The summed E-state index contributed by atoms with van der Waals surface area (Å²) in [6, 6.07) is 21.6. The maximum atomic E-state index is 13.7. The molecule has 3 aliphatic rings. The van der Waals surface area contributed by atoms with E-state index in [1.54, 1.807) is 42.5 Å². The highest BCUT2D eigenvalue weighted by molar-refractivity contribution is 6.32. The van der Waals surface area contributed by atoms with Gasteiger partial charge in [0.2, 0.25) is 0 Å². The van der Waals surface area contributed by atoms with Crippen LogP contribution in [0.5, 0.6) is 0 Å². The summed E-state index contributed by atoms with van der Waals surface area (Å²) in [7, 11) is 0. The summed E-state index contributed by atoms with van der Waals surface area (Å²) in [6.07, 6.45) is 0.411. The van der Waals surface area contributed by atoms with Crippen molar-refractivity contribution in [2.45, 2.75) is 12.8 Å². The number of rotatable bonds is 0. The normalized spacial score (nSPS) is 17.3. The second-order valence-electron chi connectivity index (χ2n) is 9.17. The number of carbonyl (C=O) groups is 4. The summed E-state index contributed by atoms with van der Waals surface area (Å²) in [4.78, 5) is 53.9. The van der Waals surface area contributed by atoms with Crippen molar-refractivity contribution in [3.63, 3.8) is 0 Å². The van der Waals surface area contributed by atoms with Gasteiger partial charge in [0.25, 0.3) is 0 Å². The third-order valence-electron chi connectivity index (χ3n) is 7.51. The highest BCUT2D eigenvalue weighted by Crippen LogP contribution is 2.49. The molecular weight excluding hydrogens is 412 g/mol. The summed E-state index contributed by atoms with van der Waals surface area (Å²) in [5, 5.41) is 1.79. The maximum absolute atomic E-state index is 13.7. The Balaban J connectivity index is 1.41. The smallest absolute Gasteiger partial charge is 0.194 e. The lowest BCUT2D eigenvalue weighted by Crippen LogP contribution is -2.34. The average Bonchev–Trinajstić information content (AvgIpc) is 3.34. The summed E-state index contributed by atoms with van der Waals surface area (Å²) >= 11 is 0. The summed E-state index contributed by atoms with van der Waals surface area (Å²) in [6.45, 7) is 0. The summed E-state index contributed by atoms with van der Waals surface area (Å²) in [5.74, 6) is -0.779. The SMILES string of the molecule is O=C1c2cc3ccccc3cc2C(=O)c2c1ccc1c2CC2(C1)C(=O)c1ccccc1C2=O. The third-order valence-corrected chi connectivity index (χ3v) is 7.51. The first-order valence-electron chi connectivity index (χ1n) is 11.0. The van der Waals surface area contributed by atoms with Gasteiger partial charge in [-0.3, -0.25) is 19.2 Å². The van der Waals surface area contributed by atoms with Gasteiger partial charge in [-0.1, -0.05) is 54.6 Å². The Morgan fingerprint density at radius 2 is 1.12 bits per heavy atom. The highest BCUT2D eigenvalue weighted by atomic mass is 16.2. The van der Waals surface area contributed by atoms with E-state index in [1.165, 1.54) is 0 Å². The van der Waals surface area contributed by atoms with Gasteiger partial charge in [0, 0.05) is 33.4 Å². The van der Waals surface area contributed by atoms with E-state index in [9.17, 15) is 19.2 Å². The van der Waals surface area contributed by atoms with E-state index in [2.05, 4.69) is 0 Å². The fourth-order valence-corrected chi connectivity index (χ4v) is 5.91. The lowest BCUT2D eigenvalue weighted by molar-refractivity contribution is 0.0709. The maximum Gasteiger partial charge on any atom is 0.194 e. The molecule has 0 radical (unpaired) electrons. The van der Waals surface area contributed by atoms with Gasteiger partial charge in [0.05, 0.1) is 0 Å². The van der Waals surface area contributed by atoms with Crippen molar-refractivity contribution in [1.82, 2.24) is 0 Å². The van der Waals surface area contributed by atoms with Crippen molar-refractivity contribution in [3.05, 3.63) is 117 Å². The minimum Gasteiger partial charge on any atom is -0.293 e. The van der Waals surface area contributed by atoms with Crippen molar-refractivity contribution < 1.29 is 19.2 Å². The van der Waals surface area contributed by atoms with E-state index < -0.39 is 5.41 Å². The molecule has 0 saturated heterocycles. The van der Waals surface area contributed by atoms with Crippen LogP contribution < -0.4 is 0 Å². The Morgan fingerprint density at radius 3 is 1.76 bits per heavy atom. The van der Waals surface area contributed by atoms with Crippen LogP contribution in [0.2, 0.25) is 0 Å². The molecule has 0 unspecified atom stereocenters. The molecule has 4 heteroatoms. The van der Waals surface area contributed by atoms with Crippen molar-refractivity contribution in [3.8, 4) is 0 Å². The number of hydrogen-bond donors (Lipinski definition) is 0. The predicted octanol–water partition coefficient (Wildman–Crippen LogP) is 4.78. The fraction of sp³-hybridized carbons (Fsp3) is 0.103. The average molecular weight is 428 g/mol. The Bertz CT molecular complexity index is 1600. The van der Waals surface area contributed by atoms with Gasteiger partial charge < -0.3 is 0 Å². The second-order valence-corrected chi connectivity index (χ2v) is 9.17. The van der Waals surface area contributed by atoms with E-state index in [-0.39, 0.29) is 36.0 Å². The molecule has 0 saturated carbocycles. The molecule has 4 aromatic carbocycles. The van der Waals surface area contributed by atoms with Crippen LogP contribution in [-0.2, 0) is 12.8 Å². The minimum atomic E-state index is -1.21. The van der Waals surface area contributed by atoms with Crippen molar-refractivity contribution in [1.29, 1.82) is 0 Å². The van der Waals surface area contributed by atoms with Gasteiger partial charge in [-0.2, -0.15) is 0 Å². The first-order valence-corrected chi connectivity index (χ1v) is 11.0. The highest BCUT2D eigenvalue weighted by Gasteiger charge is 2.56. The van der Waals surface area contributed by atoms with Crippen LogP contribution in [0.15, 0.2) is 72.8 Å². The Morgan fingerprint density at radius 1 is 0.545 bits per heavy atom. The summed E-state index contributed by atoms with van der Waals surface area (Å²) < 4.78 is 0. The molecule has 33 heavy (non-hydrogen) atoms. The topological polar surface area (TPSA) is 68.3 Å². The molecule has 0 heterocycles. The molecule has 0 aliphatic heterocycles. The van der Waals surface area contributed by atoms with E-state index in [0.29, 0.717) is 38.9 Å². The van der Waals surface area contributed by atoms with Gasteiger partial charge >= 0.3 is 0 Å². The van der Waals surface area contributed by atoms with Crippen LogP contribution in [0, 0.1) is 5.41 Å². The monoisotopic (exact) mass is 428 g/mol. The molecule has 0 amide bonds. The van der Waals surface area contributed by atoms with Crippen LogP contribution in [-0.4, -0.2) is 23.1 Å². The Hall–Kier alpha value is -4.18. The zero-order chi connectivity index (χ0) is 22.5. The number of benzene rings is 4. The number of fused-ring (bicyclic) bond motifs is 6. The summed E-state index contributed by atoms with van der Waals surface area (Å²) in [5.41, 5.74) is 2.64. The van der Waals surface area contributed by atoms with Crippen molar-refractivity contribution >= 4 is 33.9 Å². The first kappa shape index (κ1) is 18.4. The van der Waals surface area contributed by atoms with Gasteiger partial charge in [-0.05, 0) is 52.9 Å². The zero-order valence-corrected chi connectivity index (χ0v) is 17.5. The van der Waals surface area contributed by atoms with Crippen LogP contribution in [0.4, 0.5) is 0 Å². The minimum absolute atomic E-state index is 0.153. The lowest BCUT2D eigenvalue weighted by Gasteiger charge is -2.21. The van der Waals surface area contributed by atoms with Crippen molar-refractivity contribution in [2.75, 3.05) is 0 Å². The molecular formula is C29H16O4. The number of carbonyl (C=O) groups excluding carboxylic acids is 4. The molecule has 4 aromatic rings. The molecule has 1 spiro atoms. The molecule has 7 rings (SSSR count). The standard InChI is InChI=1S/C29H16O4/c30-25-20-10-9-17-13-29(27(32)18-7-3-4-8-19(18)28(29)33)14-23(17)24(20)26(31)22-12-16-6-2-1-5-15(16)11-21(22)25/h1-12H,13-14H2.